The summed E-state index contributed by atoms with van der Waals surface area (Å²) in [5, 5.41) is 0.563. The topological polar surface area (TPSA) is 68.2 Å². The third kappa shape index (κ3) is 6.06. The Hall–Kier alpha value is -3.36. The van der Waals surface area contributed by atoms with E-state index in [9.17, 15) is 9.59 Å². The maximum absolute atomic E-state index is 13.0. The number of nitrogens with zero attached hydrogens (tertiary/aromatic N) is 2. The number of halogens is 1. The summed E-state index contributed by atoms with van der Waals surface area (Å²) in [6.07, 6.45) is 1.84. The molecule has 0 spiro atoms. The van der Waals surface area contributed by atoms with Crippen LogP contribution < -0.4 is 4.74 Å². The van der Waals surface area contributed by atoms with Crippen LogP contribution in [0.4, 0.5) is 5.69 Å². The van der Waals surface area contributed by atoms with Crippen molar-refractivity contribution in [3.8, 4) is 5.75 Å². The average Bonchev–Trinajstić information content (AvgIpc) is 3.17. The van der Waals surface area contributed by atoms with Crippen LogP contribution in [-0.2, 0) is 16.1 Å². The van der Waals surface area contributed by atoms with Gasteiger partial charge in [-0.3, -0.25) is 9.69 Å². The van der Waals surface area contributed by atoms with Crippen LogP contribution in [0.3, 0.4) is 0 Å². The van der Waals surface area contributed by atoms with Crippen LogP contribution >= 0.6 is 27.7 Å². The molecule has 1 saturated heterocycles. The summed E-state index contributed by atoms with van der Waals surface area (Å²) in [6, 6.07) is 20.8. The standard InChI is InChI=1S/C28H25BrN2O4S/c1-4-31-26(32)25(36-28(31)30-22-7-5-6-21(16-22)27(33)34-3)15-20-12-13-24(23(29)14-20)35-17-19-10-8-18(2)9-11-19/h5-16H,4,17H2,1-3H3. The van der Waals surface area contributed by atoms with Gasteiger partial charge in [-0.05, 0) is 89.1 Å². The van der Waals surface area contributed by atoms with E-state index in [0.29, 0.717) is 34.5 Å². The molecule has 36 heavy (non-hydrogen) atoms. The van der Waals surface area contributed by atoms with Gasteiger partial charge in [0.1, 0.15) is 12.4 Å². The van der Waals surface area contributed by atoms with Crippen molar-refractivity contribution in [1.29, 1.82) is 0 Å². The number of methoxy groups -OCH3 is 1. The number of likely N-dealkylation sites (N-methyl/N-ethyl adjacent to an activating group) is 1. The second-order valence-corrected chi connectivity index (χ2v) is 9.92. The summed E-state index contributed by atoms with van der Waals surface area (Å²) in [7, 11) is 1.34. The Balaban J connectivity index is 1.52. The number of hydrogen-bond acceptors (Lipinski definition) is 6. The van der Waals surface area contributed by atoms with E-state index in [0.717, 1.165) is 21.3 Å². The molecule has 1 amide bonds. The molecule has 184 valence electrons. The van der Waals surface area contributed by atoms with Crippen molar-refractivity contribution in [2.75, 3.05) is 13.7 Å². The Kier molecular flexibility index (Phi) is 8.28. The highest BCUT2D eigenvalue weighted by Crippen LogP contribution is 2.35. The zero-order valence-electron chi connectivity index (χ0n) is 20.2. The van der Waals surface area contributed by atoms with Gasteiger partial charge < -0.3 is 9.47 Å². The number of carbonyl (C=O) groups is 2. The summed E-state index contributed by atoms with van der Waals surface area (Å²) in [5.41, 5.74) is 4.15. The number of benzene rings is 3. The van der Waals surface area contributed by atoms with Crippen LogP contribution in [0.15, 0.2) is 81.1 Å². The first-order valence-corrected chi connectivity index (χ1v) is 12.9. The minimum Gasteiger partial charge on any atom is -0.488 e. The summed E-state index contributed by atoms with van der Waals surface area (Å²) in [4.78, 5) is 31.7. The van der Waals surface area contributed by atoms with E-state index in [-0.39, 0.29) is 5.91 Å². The zero-order valence-corrected chi connectivity index (χ0v) is 22.6. The molecular formula is C28H25BrN2O4S. The van der Waals surface area contributed by atoms with Gasteiger partial charge in [0.05, 0.1) is 27.7 Å². The lowest BCUT2D eigenvalue weighted by Gasteiger charge is -2.12. The maximum Gasteiger partial charge on any atom is 0.337 e. The fourth-order valence-electron chi connectivity index (χ4n) is 3.52. The molecule has 0 saturated carbocycles. The van der Waals surface area contributed by atoms with E-state index in [1.165, 1.54) is 24.4 Å². The number of rotatable bonds is 7. The quantitative estimate of drug-likeness (QED) is 0.234. The van der Waals surface area contributed by atoms with E-state index in [1.54, 1.807) is 29.2 Å². The van der Waals surface area contributed by atoms with Crippen LogP contribution in [0.5, 0.6) is 5.75 Å². The van der Waals surface area contributed by atoms with Crippen molar-refractivity contribution in [3.63, 3.8) is 0 Å². The minimum absolute atomic E-state index is 0.110. The highest BCUT2D eigenvalue weighted by molar-refractivity contribution is 9.10. The fraction of sp³-hybridized carbons (Fsp3) is 0.179. The zero-order chi connectivity index (χ0) is 25.7. The molecule has 0 N–H and O–H groups in total. The van der Waals surface area contributed by atoms with Gasteiger partial charge in [-0.2, -0.15) is 0 Å². The Morgan fingerprint density at radius 1 is 1.11 bits per heavy atom. The second kappa shape index (κ2) is 11.6. The van der Waals surface area contributed by atoms with Crippen LogP contribution in [0, 0.1) is 6.92 Å². The number of hydrogen-bond donors (Lipinski definition) is 0. The molecule has 4 rings (SSSR count). The highest BCUT2D eigenvalue weighted by Gasteiger charge is 2.32. The lowest BCUT2D eigenvalue weighted by molar-refractivity contribution is -0.122. The number of thioether (sulfide) groups is 1. The van der Waals surface area contributed by atoms with Crippen molar-refractivity contribution >= 4 is 56.5 Å². The first kappa shape index (κ1) is 25.7. The third-order valence-electron chi connectivity index (χ3n) is 5.46. The van der Waals surface area contributed by atoms with Crippen molar-refractivity contribution < 1.29 is 19.1 Å². The molecule has 0 bridgehead atoms. The van der Waals surface area contributed by atoms with Gasteiger partial charge in [0.2, 0.25) is 0 Å². The number of esters is 1. The van der Waals surface area contributed by atoms with Crippen molar-refractivity contribution in [2.24, 2.45) is 4.99 Å². The molecule has 3 aromatic carbocycles. The Morgan fingerprint density at radius 2 is 1.89 bits per heavy atom. The van der Waals surface area contributed by atoms with Gasteiger partial charge in [0.15, 0.2) is 5.17 Å². The number of ether oxygens (including phenoxy) is 2. The van der Waals surface area contributed by atoms with Crippen LogP contribution in [0.25, 0.3) is 6.08 Å². The van der Waals surface area contributed by atoms with E-state index in [2.05, 4.69) is 52.1 Å². The lowest BCUT2D eigenvalue weighted by atomic mass is 10.1. The molecular weight excluding hydrogens is 540 g/mol. The molecule has 3 aromatic rings. The molecule has 8 heteroatoms. The maximum atomic E-state index is 13.0. The van der Waals surface area contributed by atoms with Crippen molar-refractivity contribution in [2.45, 2.75) is 20.5 Å². The highest BCUT2D eigenvalue weighted by atomic mass is 79.9. The van der Waals surface area contributed by atoms with E-state index in [1.807, 2.05) is 31.2 Å². The minimum atomic E-state index is -0.433. The molecule has 6 nitrogen and oxygen atoms in total. The Labute approximate surface area is 223 Å². The van der Waals surface area contributed by atoms with Crippen LogP contribution in [-0.4, -0.2) is 35.6 Å². The predicted octanol–water partition coefficient (Wildman–Crippen LogP) is 6.75. The second-order valence-electron chi connectivity index (χ2n) is 8.06. The number of amides is 1. The molecule has 0 aliphatic carbocycles. The van der Waals surface area contributed by atoms with Gasteiger partial charge in [-0.15, -0.1) is 0 Å². The SMILES string of the molecule is CCN1C(=O)C(=Cc2ccc(OCc3ccc(C)cc3)c(Br)c2)SC1=Nc1cccc(C(=O)OC)c1. The fourth-order valence-corrected chi connectivity index (χ4v) is 5.10. The van der Waals surface area contributed by atoms with Gasteiger partial charge in [0, 0.05) is 6.54 Å². The molecule has 0 aromatic heterocycles. The largest absolute Gasteiger partial charge is 0.488 e. The molecule has 0 radical (unpaired) electrons. The molecule has 1 aliphatic heterocycles. The summed E-state index contributed by atoms with van der Waals surface area (Å²) in [5.74, 6) is 0.184. The summed E-state index contributed by atoms with van der Waals surface area (Å²) in [6.45, 7) is 4.90. The number of amidine groups is 1. The molecule has 0 unspecified atom stereocenters. The first-order chi connectivity index (χ1) is 17.4. The van der Waals surface area contributed by atoms with Gasteiger partial charge in [0.25, 0.3) is 5.91 Å². The molecule has 1 fully saturated rings. The molecule has 1 heterocycles. The Morgan fingerprint density at radius 3 is 2.58 bits per heavy atom. The van der Waals surface area contributed by atoms with E-state index in [4.69, 9.17) is 9.47 Å². The van der Waals surface area contributed by atoms with E-state index >= 15 is 0 Å². The number of carbonyl (C=O) groups excluding carboxylic acids is 2. The summed E-state index contributed by atoms with van der Waals surface area (Å²) >= 11 is 4.89. The smallest absolute Gasteiger partial charge is 0.337 e. The number of aliphatic imine (C=N–C) groups is 1. The van der Waals surface area contributed by atoms with Crippen molar-refractivity contribution in [1.82, 2.24) is 4.90 Å². The van der Waals surface area contributed by atoms with E-state index < -0.39 is 5.97 Å². The first-order valence-electron chi connectivity index (χ1n) is 11.3. The van der Waals surface area contributed by atoms with Gasteiger partial charge in [-0.1, -0.05) is 42.0 Å². The lowest BCUT2D eigenvalue weighted by Crippen LogP contribution is -2.28. The predicted molar refractivity (Wildman–Crippen MR) is 147 cm³/mol. The molecule has 0 atom stereocenters. The summed E-state index contributed by atoms with van der Waals surface area (Å²) < 4.78 is 11.6. The average molecular weight is 565 g/mol. The van der Waals surface area contributed by atoms with Crippen molar-refractivity contribution in [3.05, 3.63) is 98.4 Å². The van der Waals surface area contributed by atoms with Crippen LogP contribution in [0.1, 0.15) is 34.0 Å². The third-order valence-corrected chi connectivity index (χ3v) is 7.09. The molecule has 1 aliphatic rings. The monoisotopic (exact) mass is 564 g/mol. The number of aryl methyl sites for hydroxylation is 1. The van der Waals surface area contributed by atoms with Gasteiger partial charge in [-0.25, -0.2) is 9.79 Å². The van der Waals surface area contributed by atoms with Gasteiger partial charge >= 0.3 is 5.97 Å². The normalized spacial score (nSPS) is 15.6. The Bertz CT molecular complexity index is 1350. The van der Waals surface area contributed by atoms with Crippen LogP contribution in [0.2, 0.25) is 0 Å².